The third-order valence-electron chi connectivity index (χ3n) is 2.50. The van der Waals surface area contributed by atoms with Crippen LogP contribution in [0.15, 0.2) is 28.7 Å². The number of carbonyl (C=O) groups is 1. The molecular formula is C14H20BrNO3. The minimum absolute atomic E-state index is 0.0293. The molecule has 5 heteroatoms. The number of carbonyl (C=O) groups excluding carboxylic acids is 1. The molecular weight excluding hydrogens is 310 g/mol. The second-order valence-electron chi connectivity index (χ2n) is 4.61. The molecule has 0 radical (unpaired) electrons. The van der Waals surface area contributed by atoms with Crippen molar-refractivity contribution < 1.29 is 14.6 Å². The van der Waals surface area contributed by atoms with Crippen molar-refractivity contribution >= 4 is 21.8 Å². The minimum Gasteiger partial charge on any atom is -0.493 e. The van der Waals surface area contributed by atoms with Crippen molar-refractivity contribution in [1.82, 2.24) is 5.32 Å². The number of rotatable bonds is 7. The number of amides is 1. The third-order valence-corrected chi connectivity index (χ3v) is 2.99. The first-order valence-corrected chi connectivity index (χ1v) is 7.12. The highest BCUT2D eigenvalue weighted by Gasteiger charge is 2.09. The molecule has 4 nitrogen and oxygen atoms in total. The standard InChI is InChI=1S/C14H20BrNO3/c1-10(8-11(2)17)16-14(18)6-7-19-13-5-3-4-12(15)9-13/h3-5,9-11,17H,6-8H2,1-2H3,(H,16,18). The van der Waals surface area contributed by atoms with Crippen molar-refractivity contribution in [3.8, 4) is 5.75 Å². The lowest BCUT2D eigenvalue weighted by Crippen LogP contribution is -2.35. The van der Waals surface area contributed by atoms with Crippen molar-refractivity contribution in [2.45, 2.75) is 38.8 Å². The van der Waals surface area contributed by atoms with Gasteiger partial charge in [-0.05, 0) is 38.5 Å². The number of hydrogen-bond acceptors (Lipinski definition) is 3. The maximum atomic E-state index is 11.6. The van der Waals surface area contributed by atoms with Gasteiger partial charge in [-0.15, -0.1) is 0 Å². The van der Waals surface area contributed by atoms with Crippen LogP contribution in [0.2, 0.25) is 0 Å². The lowest BCUT2D eigenvalue weighted by molar-refractivity contribution is -0.122. The smallest absolute Gasteiger partial charge is 0.223 e. The number of halogens is 1. The Kier molecular flexibility index (Phi) is 6.87. The summed E-state index contributed by atoms with van der Waals surface area (Å²) in [6.45, 7) is 3.92. The Hall–Kier alpha value is -1.07. The van der Waals surface area contributed by atoms with E-state index in [1.807, 2.05) is 31.2 Å². The molecule has 0 aliphatic rings. The third kappa shape index (κ3) is 7.18. The lowest BCUT2D eigenvalue weighted by Gasteiger charge is -2.15. The van der Waals surface area contributed by atoms with Gasteiger partial charge in [0.1, 0.15) is 5.75 Å². The fourth-order valence-electron chi connectivity index (χ4n) is 1.74. The Balaban J connectivity index is 2.23. The molecule has 0 heterocycles. The highest BCUT2D eigenvalue weighted by Crippen LogP contribution is 2.17. The molecule has 0 fully saturated rings. The summed E-state index contributed by atoms with van der Waals surface area (Å²) >= 11 is 3.36. The molecule has 1 rings (SSSR count). The fourth-order valence-corrected chi connectivity index (χ4v) is 2.11. The van der Waals surface area contributed by atoms with Crippen LogP contribution in [0, 0.1) is 0 Å². The topological polar surface area (TPSA) is 58.6 Å². The van der Waals surface area contributed by atoms with Gasteiger partial charge in [0, 0.05) is 10.5 Å². The van der Waals surface area contributed by atoms with E-state index < -0.39 is 6.10 Å². The molecule has 2 atom stereocenters. The summed E-state index contributed by atoms with van der Waals surface area (Å²) in [6.07, 6.45) is 0.447. The second kappa shape index (κ2) is 8.17. The zero-order valence-electron chi connectivity index (χ0n) is 11.2. The van der Waals surface area contributed by atoms with E-state index in [-0.39, 0.29) is 11.9 Å². The molecule has 2 unspecified atom stereocenters. The lowest BCUT2D eigenvalue weighted by atomic mass is 10.1. The number of ether oxygens (including phenoxy) is 1. The Morgan fingerprint density at radius 3 is 2.84 bits per heavy atom. The summed E-state index contributed by atoms with van der Waals surface area (Å²) in [6, 6.07) is 7.46. The van der Waals surface area contributed by atoms with Gasteiger partial charge < -0.3 is 15.2 Å². The first kappa shape index (κ1) is 16.0. The summed E-state index contributed by atoms with van der Waals surface area (Å²) in [5.41, 5.74) is 0. The summed E-state index contributed by atoms with van der Waals surface area (Å²) < 4.78 is 6.42. The van der Waals surface area contributed by atoms with Gasteiger partial charge in [0.2, 0.25) is 5.91 Å². The molecule has 1 aromatic rings. The minimum atomic E-state index is -0.409. The highest BCUT2D eigenvalue weighted by atomic mass is 79.9. The van der Waals surface area contributed by atoms with Crippen LogP contribution in [0.5, 0.6) is 5.75 Å². The summed E-state index contributed by atoms with van der Waals surface area (Å²) in [5.74, 6) is 0.669. The summed E-state index contributed by atoms with van der Waals surface area (Å²) in [7, 11) is 0. The molecule has 0 aliphatic carbocycles. The molecule has 0 aromatic heterocycles. The molecule has 0 spiro atoms. The molecule has 0 bridgehead atoms. The number of benzene rings is 1. The average molecular weight is 330 g/mol. The van der Waals surface area contributed by atoms with Crippen molar-refractivity contribution in [3.63, 3.8) is 0 Å². The van der Waals surface area contributed by atoms with Crippen molar-refractivity contribution in [2.75, 3.05) is 6.61 Å². The van der Waals surface area contributed by atoms with Crippen LogP contribution in [0.1, 0.15) is 26.7 Å². The molecule has 0 saturated heterocycles. The largest absolute Gasteiger partial charge is 0.493 e. The second-order valence-corrected chi connectivity index (χ2v) is 5.52. The van der Waals surface area contributed by atoms with E-state index in [0.29, 0.717) is 19.4 Å². The molecule has 0 aliphatic heterocycles. The van der Waals surface area contributed by atoms with E-state index in [4.69, 9.17) is 4.74 Å². The molecule has 1 aromatic carbocycles. The molecule has 106 valence electrons. The maximum Gasteiger partial charge on any atom is 0.223 e. The van der Waals surface area contributed by atoms with Gasteiger partial charge in [-0.2, -0.15) is 0 Å². The number of aliphatic hydroxyl groups is 1. The van der Waals surface area contributed by atoms with Crippen LogP contribution in [-0.2, 0) is 4.79 Å². The van der Waals surface area contributed by atoms with E-state index in [1.165, 1.54) is 0 Å². The van der Waals surface area contributed by atoms with Crippen molar-refractivity contribution in [3.05, 3.63) is 28.7 Å². The number of nitrogens with one attached hydrogen (secondary N) is 1. The Labute approximate surface area is 122 Å². The van der Waals surface area contributed by atoms with Crippen molar-refractivity contribution in [2.24, 2.45) is 0 Å². The van der Waals surface area contributed by atoms with Gasteiger partial charge in [-0.1, -0.05) is 22.0 Å². The van der Waals surface area contributed by atoms with E-state index >= 15 is 0 Å². The van der Waals surface area contributed by atoms with Crippen LogP contribution in [0.25, 0.3) is 0 Å². The summed E-state index contributed by atoms with van der Waals surface area (Å²) in [5, 5.41) is 12.0. The van der Waals surface area contributed by atoms with E-state index in [2.05, 4.69) is 21.2 Å². The maximum absolute atomic E-state index is 11.6. The molecule has 0 saturated carbocycles. The first-order chi connectivity index (χ1) is 8.97. The molecule has 2 N–H and O–H groups in total. The molecule has 1 amide bonds. The predicted molar refractivity (Wildman–Crippen MR) is 78.2 cm³/mol. The monoisotopic (exact) mass is 329 g/mol. The quantitative estimate of drug-likeness (QED) is 0.808. The normalized spacial score (nSPS) is 13.7. The highest BCUT2D eigenvalue weighted by molar-refractivity contribution is 9.10. The first-order valence-electron chi connectivity index (χ1n) is 6.33. The van der Waals surface area contributed by atoms with Crippen LogP contribution in [0.3, 0.4) is 0 Å². The van der Waals surface area contributed by atoms with Crippen LogP contribution < -0.4 is 10.1 Å². The summed E-state index contributed by atoms with van der Waals surface area (Å²) in [4.78, 5) is 11.6. The SMILES string of the molecule is CC(O)CC(C)NC(=O)CCOc1cccc(Br)c1. The van der Waals surface area contributed by atoms with Gasteiger partial charge in [0.15, 0.2) is 0 Å². The zero-order chi connectivity index (χ0) is 14.3. The Morgan fingerprint density at radius 1 is 1.47 bits per heavy atom. The van der Waals surface area contributed by atoms with E-state index in [1.54, 1.807) is 6.92 Å². The van der Waals surface area contributed by atoms with E-state index in [0.717, 1.165) is 10.2 Å². The van der Waals surface area contributed by atoms with Gasteiger partial charge >= 0.3 is 0 Å². The van der Waals surface area contributed by atoms with Crippen LogP contribution in [-0.4, -0.2) is 29.8 Å². The zero-order valence-corrected chi connectivity index (χ0v) is 12.8. The fraction of sp³-hybridized carbons (Fsp3) is 0.500. The number of aliphatic hydroxyl groups excluding tert-OH is 1. The van der Waals surface area contributed by atoms with Gasteiger partial charge in [0.05, 0.1) is 19.1 Å². The Bertz CT molecular complexity index is 409. The van der Waals surface area contributed by atoms with E-state index in [9.17, 15) is 9.90 Å². The van der Waals surface area contributed by atoms with Gasteiger partial charge in [-0.25, -0.2) is 0 Å². The van der Waals surface area contributed by atoms with Gasteiger partial charge in [-0.3, -0.25) is 4.79 Å². The molecule has 19 heavy (non-hydrogen) atoms. The van der Waals surface area contributed by atoms with Crippen LogP contribution in [0.4, 0.5) is 0 Å². The van der Waals surface area contributed by atoms with Crippen LogP contribution >= 0.6 is 15.9 Å². The predicted octanol–water partition coefficient (Wildman–Crippen LogP) is 2.49. The number of hydrogen-bond donors (Lipinski definition) is 2. The average Bonchev–Trinajstić information content (AvgIpc) is 2.27. The van der Waals surface area contributed by atoms with Crippen molar-refractivity contribution in [1.29, 1.82) is 0 Å². The Morgan fingerprint density at radius 2 is 2.21 bits per heavy atom. The van der Waals surface area contributed by atoms with Gasteiger partial charge in [0.25, 0.3) is 0 Å².